The minimum atomic E-state index is 0.145. The quantitative estimate of drug-likeness (QED) is 0.721. The van der Waals surface area contributed by atoms with E-state index in [4.69, 9.17) is 26.8 Å². The zero-order valence-electron chi connectivity index (χ0n) is 14.6. The summed E-state index contributed by atoms with van der Waals surface area (Å²) in [5.41, 5.74) is 7.89. The van der Waals surface area contributed by atoms with E-state index in [9.17, 15) is 0 Å². The standard InChI is InChI=1S/C20H26ClNO2/c1-20(2,3)16-6-8-17(9-7-16)24-14-15-5-10-19(18(21)13-15)23-12-4-11-22/h5-10,13H,4,11-12,14,22H2,1-3H3. The number of rotatable bonds is 7. The van der Waals surface area contributed by atoms with Gasteiger partial charge in [0.05, 0.1) is 11.6 Å². The van der Waals surface area contributed by atoms with Crippen LogP contribution in [0, 0.1) is 0 Å². The molecular formula is C20H26ClNO2. The average Bonchev–Trinajstić information content (AvgIpc) is 2.54. The van der Waals surface area contributed by atoms with Gasteiger partial charge >= 0.3 is 0 Å². The first kappa shape index (κ1) is 18.6. The van der Waals surface area contributed by atoms with E-state index >= 15 is 0 Å². The fourth-order valence-corrected chi connectivity index (χ4v) is 2.49. The molecule has 0 aliphatic heterocycles. The van der Waals surface area contributed by atoms with E-state index in [1.54, 1.807) is 0 Å². The van der Waals surface area contributed by atoms with Gasteiger partial charge in [0.2, 0.25) is 0 Å². The second-order valence-corrected chi connectivity index (χ2v) is 7.23. The Balaban J connectivity index is 1.93. The van der Waals surface area contributed by atoms with Crippen molar-refractivity contribution in [3.8, 4) is 11.5 Å². The Kier molecular flexibility index (Phi) is 6.52. The van der Waals surface area contributed by atoms with Gasteiger partial charge in [-0.2, -0.15) is 0 Å². The van der Waals surface area contributed by atoms with Crippen LogP contribution in [-0.2, 0) is 12.0 Å². The second kappa shape index (κ2) is 8.41. The van der Waals surface area contributed by atoms with E-state index in [1.165, 1.54) is 5.56 Å². The van der Waals surface area contributed by atoms with Crippen LogP contribution in [0.25, 0.3) is 0 Å². The van der Waals surface area contributed by atoms with Crippen LogP contribution in [-0.4, -0.2) is 13.2 Å². The van der Waals surface area contributed by atoms with Crippen molar-refractivity contribution in [3.05, 3.63) is 58.6 Å². The minimum Gasteiger partial charge on any atom is -0.492 e. The molecule has 130 valence electrons. The van der Waals surface area contributed by atoms with Crippen LogP contribution in [0.2, 0.25) is 5.02 Å². The highest BCUT2D eigenvalue weighted by atomic mass is 35.5. The van der Waals surface area contributed by atoms with Gasteiger partial charge < -0.3 is 15.2 Å². The molecule has 0 spiro atoms. The third-order valence-electron chi connectivity index (χ3n) is 3.73. The van der Waals surface area contributed by atoms with Gasteiger partial charge in [-0.15, -0.1) is 0 Å². The van der Waals surface area contributed by atoms with E-state index in [-0.39, 0.29) is 5.41 Å². The maximum Gasteiger partial charge on any atom is 0.137 e. The van der Waals surface area contributed by atoms with Gasteiger partial charge in [0.1, 0.15) is 18.1 Å². The zero-order valence-corrected chi connectivity index (χ0v) is 15.4. The van der Waals surface area contributed by atoms with Crippen LogP contribution in [0.4, 0.5) is 0 Å². The van der Waals surface area contributed by atoms with Gasteiger partial charge in [0, 0.05) is 0 Å². The Morgan fingerprint density at radius 2 is 1.71 bits per heavy atom. The van der Waals surface area contributed by atoms with Crippen LogP contribution < -0.4 is 15.2 Å². The normalized spacial score (nSPS) is 11.4. The van der Waals surface area contributed by atoms with E-state index in [1.807, 2.05) is 30.3 Å². The van der Waals surface area contributed by atoms with E-state index in [0.29, 0.717) is 30.5 Å². The van der Waals surface area contributed by atoms with Crippen LogP contribution >= 0.6 is 11.6 Å². The van der Waals surface area contributed by atoms with Crippen LogP contribution in [0.15, 0.2) is 42.5 Å². The molecule has 0 atom stereocenters. The Morgan fingerprint density at radius 3 is 2.29 bits per heavy atom. The molecule has 2 rings (SSSR count). The molecule has 3 nitrogen and oxygen atoms in total. The van der Waals surface area contributed by atoms with Gasteiger partial charge in [0.25, 0.3) is 0 Å². The van der Waals surface area contributed by atoms with E-state index < -0.39 is 0 Å². The van der Waals surface area contributed by atoms with Crippen molar-refractivity contribution in [3.63, 3.8) is 0 Å². The Bertz CT molecular complexity index is 648. The highest BCUT2D eigenvalue weighted by molar-refractivity contribution is 6.32. The summed E-state index contributed by atoms with van der Waals surface area (Å²) in [5.74, 6) is 1.53. The topological polar surface area (TPSA) is 44.5 Å². The van der Waals surface area contributed by atoms with Gasteiger partial charge in [-0.25, -0.2) is 0 Å². The molecule has 24 heavy (non-hydrogen) atoms. The molecule has 0 radical (unpaired) electrons. The molecule has 2 aromatic carbocycles. The number of ether oxygens (including phenoxy) is 2. The summed E-state index contributed by atoms with van der Waals surface area (Å²) < 4.78 is 11.4. The van der Waals surface area contributed by atoms with Crippen molar-refractivity contribution in [1.29, 1.82) is 0 Å². The van der Waals surface area contributed by atoms with Crippen molar-refractivity contribution < 1.29 is 9.47 Å². The lowest BCUT2D eigenvalue weighted by Gasteiger charge is -2.19. The fourth-order valence-electron chi connectivity index (χ4n) is 2.23. The summed E-state index contributed by atoms with van der Waals surface area (Å²) >= 11 is 6.25. The largest absolute Gasteiger partial charge is 0.492 e. The van der Waals surface area contributed by atoms with Crippen molar-refractivity contribution in [2.24, 2.45) is 5.73 Å². The smallest absolute Gasteiger partial charge is 0.137 e. The predicted octanol–water partition coefficient (Wildman–Crippen LogP) is 4.94. The molecule has 4 heteroatoms. The lowest BCUT2D eigenvalue weighted by atomic mass is 9.87. The molecule has 0 unspecified atom stereocenters. The van der Waals surface area contributed by atoms with Gasteiger partial charge in [-0.05, 0) is 53.8 Å². The molecular weight excluding hydrogens is 322 g/mol. The number of halogens is 1. The van der Waals surface area contributed by atoms with Gasteiger partial charge in [-0.1, -0.05) is 50.6 Å². The lowest BCUT2D eigenvalue weighted by molar-refractivity contribution is 0.303. The first-order chi connectivity index (χ1) is 11.4. The maximum absolute atomic E-state index is 6.25. The summed E-state index contributed by atoms with van der Waals surface area (Å²) in [7, 11) is 0. The molecule has 2 N–H and O–H groups in total. The van der Waals surface area contributed by atoms with E-state index in [2.05, 4.69) is 32.9 Å². The molecule has 2 aromatic rings. The van der Waals surface area contributed by atoms with Crippen molar-refractivity contribution in [2.75, 3.05) is 13.2 Å². The van der Waals surface area contributed by atoms with Crippen molar-refractivity contribution in [1.82, 2.24) is 0 Å². The fraction of sp³-hybridized carbons (Fsp3) is 0.400. The number of benzene rings is 2. The number of hydrogen-bond donors (Lipinski definition) is 1. The molecule has 0 saturated carbocycles. The van der Waals surface area contributed by atoms with Crippen molar-refractivity contribution in [2.45, 2.75) is 39.2 Å². The Morgan fingerprint density at radius 1 is 1.00 bits per heavy atom. The summed E-state index contributed by atoms with van der Waals surface area (Å²) in [6.45, 7) is 8.24. The monoisotopic (exact) mass is 347 g/mol. The van der Waals surface area contributed by atoms with Crippen LogP contribution in [0.5, 0.6) is 11.5 Å². The predicted molar refractivity (Wildman–Crippen MR) is 100 cm³/mol. The number of hydrogen-bond acceptors (Lipinski definition) is 3. The molecule has 0 saturated heterocycles. The Hall–Kier alpha value is -1.71. The third-order valence-corrected chi connectivity index (χ3v) is 4.02. The average molecular weight is 348 g/mol. The maximum atomic E-state index is 6.25. The molecule has 0 amide bonds. The summed E-state index contributed by atoms with van der Waals surface area (Å²) in [6, 6.07) is 13.9. The SMILES string of the molecule is CC(C)(C)c1ccc(OCc2ccc(OCCCN)c(Cl)c2)cc1. The van der Waals surface area contributed by atoms with Gasteiger partial charge in [-0.3, -0.25) is 0 Å². The second-order valence-electron chi connectivity index (χ2n) is 6.82. The summed E-state index contributed by atoms with van der Waals surface area (Å²) in [5, 5.41) is 0.594. The van der Waals surface area contributed by atoms with E-state index in [0.717, 1.165) is 17.7 Å². The highest BCUT2D eigenvalue weighted by Gasteiger charge is 2.13. The highest BCUT2D eigenvalue weighted by Crippen LogP contribution is 2.27. The molecule has 0 aromatic heterocycles. The summed E-state index contributed by atoms with van der Waals surface area (Å²) in [6.07, 6.45) is 0.811. The molecule has 0 heterocycles. The molecule has 0 aliphatic rings. The summed E-state index contributed by atoms with van der Waals surface area (Å²) in [4.78, 5) is 0. The molecule has 0 fully saturated rings. The molecule has 0 aliphatic carbocycles. The molecule has 0 bridgehead atoms. The first-order valence-electron chi connectivity index (χ1n) is 8.25. The lowest BCUT2D eigenvalue weighted by Crippen LogP contribution is -2.10. The third kappa shape index (κ3) is 5.43. The van der Waals surface area contributed by atoms with Crippen LogP contribution in [0.1, 0.15) is 38.3 Å². The zero-order chi connectivity index (χ0) is 17.6. The first-order valence-corrected chi connectivity index (χ1v) is 8.62. The van der Waals surface area contributed by atoms with Gasteiger partial charge in [0.15, 0.2) is 0 Å². The minimum absolute atomic E-state index is 0.145. The number of nitrogens with two attached hydrogens (primary N) is 1. The van der Waals surface area contributed by atoms with Crippen molar-refractivity contribution >= 4 is 11.6 Å². The Labute approximate surface area is 149 Å². The van der Waals surface area contributed by atoms with Crippen LogP contribution in [0.3, 0.4) is 0 Å².